The molecule has 1 atom stereocenters. The van der Waals surface area contributed by atoms with Gasteiger partial charge in [-0.1, -0.05) is 171 Å². The van der Waals surface area contributed by atoms with Gasteiger partial charge in [0.25, 0.3) is 0 Å². The monoisotopic (exact) mass is 732 g/mol. The minimum Gasteiger partial charge on any atom is -0.311 e. The lowest BCUT2D eigenvalue weighted by Crippen LogP contribution is -2.19. The number of allylic oxidation sites excluding steroid dienone is 3. The van der Waals surface area contributed by atoms with Crippen LogP contribution < -0.4 is 9.80 Å². The Hall–Kier alpha value is -7.16. The van der Waals surface area contributed by atoms with Crippen molar-refractivity contribution in [3.05, 3.63) is 242 Å². The maximum absolute atomic E-state index is 2.42. The molecule has 0 heterocycles. The summed E-state index contributed by atoms with van der Waals surface area (Å²) in [6.07, 6.45) is 5.76. The van der Waals surface area contributed by atoms with E-state index in [1.165, 1.54) is 50.2 Å². The first kappa shape index (κ1) is 35.5. The molecule has 0 radical (unpaired) electrons. The van der Waals surface area contributed by atoms with Gasteiger partial charge in [-0.15, -0.1) is 0 Å². The second-order valence-electron chi connectivity index (χ2n) is 14.7. The fourth-order valence-electron chi connectivity index (χ4n) is 7.95. The Kier molecular flexibility index (Phi) is 10.2. The zero-order chi connectivity index (χ0) is 38.4. The molecule has 0 aliphatic heterocycles. The highest BCUT2D eigenvalue weighted by atomic mass is 15.2. The molecular formula is C55H44N2. The first-order valence-corrected chi connectivity index (χ1v) is 19.8. The molecule has 0 spiro atoms. The van der Waals surface area contributed by atoms with Crippen LogP contribution in [0.1, 0.15) is 18.9 Å². The average molecular weight is 733 g/mol. The Morgan fingerprint density at radius 2 is 0.684 bits per heavy atom. The van der Waals surface area contributed by atoms with Crippen molar-refractivity contribution in [3.8, 4) is 33.4 Å². The third-order valence-corrected chi connectivity index (χ3v) is 10.9. The van der Waals surface area contributed by atoms with Gasteiger partial charge in [0.2, 0.25) is 0 Å². The van der Waals surface area contributed by atoms with Gasteiger partial charge in [-0.3, -0.25) is 0 Å². The second kappa shape index (κ2) is 16.3. The van der Waals surface area contributed by atoms with E-state index in [2.05, 4.69) is 247 Å². The molecule has 0 saturated heterocycles. The van der Waals surface area contributed by atoms with E-state index in [0.29, 0.717) is 5.92 Å². The predicted molar refractivity (Wildman–Crippen MR) is 242 cm³/mol. The molecule has 0 N–H and O–H groups in total. The average Bonchev–Trinajstić information content (AvgIpc) is 3.29. The molecule has 0 aromatic heterocycles. The Morgan fingerprint density at radius 1 is 0.333 bits per heavy atom. The van der Waals surface area contributed by atoms with Gasteiger partial charge in [-0.25, -0.2) is 0 Å². The van der Waals surface area contributed by atoms with Crippen LogP contribution in [0.3, 0.4) is 0 Å². The molecule has 8 aromatic rings. The smallest absolute Gasteiger partial charge is 0.0467 e. The molecule has 1 aliphatic carbocycles. The summed E-state index contributed by atoms with van der Waals surface area (Å²) < 4.78 is 0. The van der Waals surface area contributed by atoms with E-state index in [4.69, 9.17) is 0 Å². The molecule has 0 saturated carbocycles. The lowest BCUT2D eigenvalue weighted by atomic mass is 9.86. The second-order valence-corrected chi connectivity index (χ2v) is 14.7. The molecule has 2 heteroatoms. The summed E-state index contributed by atoms with van der Waals surface area (Å²) in [4.78, 5) is 4.79. The zero-order valence-electron chi connectivity index (χ0n) is 32.1. The molecule has 0 bridgehead atoms. The Balaban J connectivity index is 1.16. The molecule has 1 aliphatic rings. The highest BCUT2D eigenvalue weighted by Gasteiger charge is 2.22. The molecule has 1 unspecified atom stereocenters. The van der Waals surface area contributed by atoms with Crippen molar-refractivity contribution in [1.29, 1.82) is 0 Å². The van der Waals surface area contributed by atoms with Gasteiger partial charge in [0.05, 0.1) is 0 Å². The predicted octanol–water partition coefficient (Wildman–Crippen LogP) is 15.3. The van der Waals surface area contributed by atoms with Gasteiger partial charge in [0.1, 0.15) is 0 Å². The fourth-order valence-corrected chi connectivity index (χ4v) is 7.95. The van der Waals surface area contributed by atoms with Crippen molar-refractivity contribution in [3.63, 3.8) is 0 Å². The van der Waals surface area contributed by atoms with Crippen LogP contribution in [-0.2, 0) is 0 Å². The quantitative estimate of drug-likeness (QED) is 0.138. The largest absolute Gasteiger partial charge is 0.311 e. The SMILES string of the molecule is CC1CC=C(N(c2ccc(N(c3cccc(-c4ccccc4)c3)c3cccc(-c4ccccc4)c3)cc2)c2cccc(-c3ccccc3)c2)C=C1c1ccccc1. The highest BCUT2D eigenvalue weighted by molar-refractivity contribution is 5.85. The molecule has 274 valence electrons. The van der Waals surface area contributed by atoms with Crippen molar-refractivity contribution in [1.82, 2.24) is 0 Å². The maximum Gasteiger partial charge on any atom is 0.0467 e. The summed E-state index contributed by atoms with van der Waals surface area (Å²) in [6, 6.07) is 78.4. The van der Waals surface area contributed by atoms with E-state index < -0.39 is 0 Å². The van der Waals surface area contributed by atoms with E-state index in [1.807, 2.05) is 0 Å². The van der Waals surface area contributed by atoms with E-state index in [9.17, 15) is 0 Å². The fraction of sp³-hybridized carbons (Fsp3) is 0.0545. The number of rotatable bonds is 10. The Bertz CT molecular complexity index is 2560. The first-order valence-electron chi connectivity index (χ1n) is 19.8. The Morgan fingerprint density at radius 3 is 1.11 bits per heavy atom. The van der Waals surface area contributed by atoms with E-state index in [0.717, 1.165) is 34.9 Å². The lowest BCUT2D eigenvalue weighted by molar-refractivity contribution is 0.750. The number of hydrogen-bond acceptors (Lipinski definition) is 2. The molecule has 9 rings (SSSR count). The zero-order valence-corrected chi connectivity index (χ0v) is 32.1. The van der Waals surface area contributed by atoms with Crippen LogP contribution in [-0.4, -0.2) is 0 Å². The van der Waals surface area contributed by atoms with Crippen LogP contribution in [0.25, 0.3) is 39.0 Å². The highest BCUT2D eigenvalue weighted by Crippen LogP contribution is 2.42. The molecule has 2 nitrogen and oxygen atoms in total. The number of hydrogen-bond donors (Lipinski definition) is 0. The summed E-state index contributed by atoms with van der Waals surface area (Å²) in [5, 5.41) is 0. The van der Waals surface area contributed by atoms with Crippen LogP contribution in [0.15, 0.2) is 236 Å². The molecule has 8 aromatic carbocycles. The lowest BCUT2D eigenvalue weighted by Gasteiger charge is -2.32. The van der Waals surface area contributed by atoms with E-state index >= 15 is 0 Å². The van der Waals surface area contributed by atoms with Crippen molar-refractivity contribution < 1.29 is 0 Å². The number of benzene rings is 8. The third-order valence-electron chi connectivity index (χ3n) is 10.9. The normalized spacial score (nSPS) is 13.7. The van der Waals surface area contributed by atoms with Crippen LogP contribution in [0.2, 0.25) is 0 Å². The van der Waals surface area contributed by atoms with Crippen LogP contribution >= 0.6 is 0 Å². The minimum absolute atomic E-state index is 0.419. The molecular weight excluding hydrogens is 689 g/mol. The van der Waals surface area contributed by atoms with E-state index in [-0.39, 0.29) is 0 Å². The minimum atomic E-state index is 0.419. The third kappa shape index (κ3) is 7.72. The summed E-state index contributed by atoms with van der Waals surface area (Å²) in [7, 11) is 0. The number of nitrogens with zero attached hydrogens (tertiary/aromatic N) is 2. The number of anilines is 5. The molecule has 0 amide bonds. The van der Waals surface area contributed by atoms with Gasteiger partial charge < -0.3 is 9.80 Å². The summed E-state index contributed by atoms with van der Waals surface area (Å²) in [6.45, 7) is 2.33. The van der Waals surface area contributed by atoms with Gasteiger partial charge in [0.15, 0.2) is 0 Å². The van der Waals surface area contributed by atoms with Crippen LogP contribution in [0, 0.1) is 5.92 Å². The van der Waals surface area contributed by atoms with Crippen molar-refractivity contribution >= 4 is 34.0 Å². The van der Waals surface area contributed by atoms with Gasteiger partial charge in [-0.2, -0.15) is 0 Å². The summed E-state index contributed by atoms with van der Waals surface area (Å²) in [5.74, 6) is 0.419. The molecule has 57 heavy (non-hydrogen) atoms. The molecule has 0 fully saturated rings. The summed E-state index contributed by atoms with van der Waals surface area (Å²) in [5.41, 5.74) is 16.4. The maximum atomic E-state index is 2.42. The first-order chi connectivity index (χ1) is 28.2. The standard InChI is InChI=1S/C55H44N2/c1-41-31-32-54(40-55(41)45-23-12-5-13-24-45)57(53-30-16-27-48(39-53)44-21-10-4-11-22-44)50-35-33-49(34-36-50)56(51-28-14-25-46(37-51)42-17-6-2-7-18-42)52-29-15-26-47(38-52)43-19-8-3-9-20-43/h2-30,32-41H,31H2,1H3. The Labute approximate surface area is 337 Å². The van der Waals surface area contributed by atoms with Crippen molar-refractivity contribution in [2.24, 2.45) is 5.92 Å². The summed E-state index contributed by atoms with van der Waals surface area (Å²) >= 11 is 0. The van der Waals surface area contributed by atoms with Gasteiger partial charge >= 0.3 is 0 Å². The van der Waals surface area contributed by atoms with Crippen molar-refractivity contribution in [2.45, 2.75) is 13.3 Å². The van der Waals surface area contributed by atoms with Crippen LogP contribution in [0.5, 0.6) is 0 Å². The van der Waals surface area contributed by atoms with Gasteiger partial charge in [-0.05, 0) is 124 Å². The van der Waals surface area contributed by atoms with E-state index in [1.54, 1.807) is 0 Å². The van der Waals surface area contributed by atoms with Gasteiger partial charge in [0, 0.05) is 34.1 Å². The topological polar surface area (TPSA) is 6.48 Å². The van der Waals surface area contributed by atoms with Crippen molar-refractivity contribution in [2.75, 3.05) is 9.80 Å². The van der Waals surface area contributed by atoms with Crippen LogP contribution in [0.4, 0.5) is 28.4 Å².